The quantitative estimate of drug-likeness (QED) is 0.436. The van der Waals surface area contributed by atoms with Gasteiger partial charge >= 0.3 is 0 Å². The Morgan fingerprint density at radius 1 is 1.22 bits per heavy atom. The molecule has 3 aromatic rings. The highest BCUT2D eigenvalue weighted by atomic mass is 79.9. The van der Waals surface area contributed by atoms with Crippen molar-refractivity contribution in [2.45, 2.75) is 33.7 Å². The minimum atomic E-state index is 0.622. The lowest BCUT2D eigenvalue weighted by Crippen LogP contribution is -2.46. The van der Waals surface area contributed by atoms with E-state index in [1.807, 2.05) is 48.4 Å². The summed E-state index contributed by atoms with van der Waals surface area (Å²) in [4.78, 5) is 14.1. The number of hydrazine groups is 2. The van der Waals surface area contributed by atoms with Crippen LogP contribution in [0, 0.1) is 6.92 Å². The minimum Gasteiger partial charge on any atom is -0.352 e. The summed E-state index contributed by atoms with van der Waals surface area (Å²) in [6, 6.07) is 9.81. The number of anilines is 3. The number of benzene rings is 1. The van der Waals surface area contributed by atoms with E-state index in [4.69, 9.17) is 16.6 Å². The molecule has 32 heavy (non-hydrogen) atoms. The number of nitrogens with one attached hydrogen (secondary N) is 2. The Hall–Kier alpha value is -2.68. The molecule has 2 N–H and O–H groups in total. The van der Waals surface area contributed by atoms with Crippen molar-refractivity contribution in [3.05, 3.63) is 74.7 Å². The predicted molar refractivity (Wildman–Crippen MR) is 134 cm³/mol. The lowest BCUT2D eigenvalue weighted by molar-refractivity contribution is 0.662. The van der Waals surface area contributed by atoms with Gasteiger partial charge in [0.2, 0.25) is 0 Å². The highest BCUT2D eigenvalue weighted by Crippen LogP contribution is 2.35. The van der Waals surface area contributed by atoms with E-state index in [9.17, 15) is 0 Å². The third-order valence-electron chi connectivity index (χ3n) is 5.44. The molecule has 0 saturated heterocycles. The van der Waals surface area contributed by atoms with Gasteiger partial charge in [-0.2, -0.15) is 5.12 Å². The fraction of sp³-hybridized carbons (Fsp3) is 0.261. The van der Waals surface area contributed by atoms with Gasteiger partial charge in [-0.1, -0.05) is 24.6 Å². The van der Waals surface area contributed by atoms with Crippen LogP contribution in [0.4, 0.5) is 17.3 Å². The van der Waals surface area contributed by atoms with Crippen LogP contribution in [0.3, 0.4) is 0 Å². The Morgan fingerprint density at radius 3 is 2.75 bits per heavy atom. The molecule has 3 heterocycles. The first-order valence-corrected chi connectivity index (χ1v) is 11.5. The zero-order valence-electron chi connectivity index (χ0n) is 18.4. The van der Waals surface area contributed by atoms with Crippen LogP contribution in [-0.4, -0.2) is 22.0 Å². The van der Waals surface area contributed by atoms with Crippen LogP contribution in [-0.2, 0) is 6.54 Å². The number of halogens is 2. The third kappa shape index (κ3) is 4.30. The molecule has 9 heteroatoms. The number of hydrogen-bond donors (Lipinski definition) is 2. The first-order chi connectivity index (χ1) is 15.4. The van der Waals surface area contributed by atoms with Gasteiger partial charge < -0.3 is 5.32 Å². The molecule has 4 rings (SSSR count). The van der Waals surface area contributed by atoms with Gasteiger partial charge in [-0.15, -0.1) is 0 Å². The molecule has 0 unspecified atom stereocenters. The number of aromatic nitrogens is 3. The number of pyridine rings is 1. The fourth-order valence-corrected chi connectivity index (χ4v) is 4.20. The summed E-state index contributed by atoms with van der Waals surface area (Å²) < 4.78 is 0.797. The SMILES string of the molecule is CC/C(C)=C(/Nc1ccc(Cl)cc1C)c1ncc(Br)c(N2Cc3cccnc3N2NC)n1. The first-order valence-electron chi connectivity index (χ1n) is 10.4. The number of fused-ring (bicyclic) bond motifs is 1. The molecule has 0 fully saturated rings. The van der Waals surface area contributed by atoms with E-state index in [-0.39, 0.29) is 0 Å². The molecule has 0 atom stereocenters. The maximum Gasteiger partial charge on any atom is 0.178 e. The van der Waals surface area contributed by atoms with Crippen LogP contribution < -0.4 is 20.9 Å². The zero-order valence-corrected chi connectivity index (χ0v) is 20.8. The monoisotopic (exact) mass is 513 g/mol. The average molecular weight is 515 g/mol. The second-order valence-electron chi connectivity index (χ2n) is 7.54. The van der Waals surface area contributed by atoms with E-state index >= 15 is 0 Å². The predicted octanol–water partition coefficient (Wildman–Crippen LogP) is 5.73. The van der Waals surface area contributed by atoms with Crippen molar-refractivity contribution in [3.63, 3.8) is 0 Å². The molecular formula is C23H25BrClN7. The molecule has 166 valence electrons. The van der Waals surface area contributed by atoms with E-state index in [2.05, 4.69) is 56.6 Å². The van der Waals surface area contributed by atoms with Crippen molar-refractivity contribution in [3.8, 4) is 0 Å². The Labute approximate surface area is 201 Å². The molecule has 0 spiro atoms. The third-order valence-corrected chi connectivity index (χ3v) is 6.23. The maximum atomic E-state index is 6.15. The topological polar surface area (TPSA) is 69.2 Å². The lowest BCUT2D eigenvalue weighted by Gasteiger charge is -2.29. The lowest BCUT2D eigenvalue weighted by atomic mass is 10.1. The summed E-state index contributed by atoms with van der Waals surface area (Å²) in [5, 5.41) is 8.20. The Morgan fingerprint density at radius 2 is 2.03 bits per heavy atom. The molecule has 0 radical (unpaired) electrons. The van der Waals surface area contributed by atoms with Gasteiger partial charge in [0, 0.05) is 35.7 Å². The summed E-state index contributed by atoms with van der Waals surface area (Å²) >= 11 is 9.79. The number of nitrogens with zero attached hydrogens (tertiary/aromatic N) is 5. The average Bonchev–Trinajstić information content (AvgIpc) is 3.17. The Kier molecular flexibility index (Phi) is 6.64. The second-order valence-corrected chi connectivity index (χ2v) is 8.83. The van der Waals surface area contributed by atoms with Gasteiger partial charge in [0.15, 0.2) is 17.5 Å². The van der Waals surface area contributed by atoms with Crippen molar-refractivity contribution in [2.24, 2.45) is 0 Å². The standard InChI is InChI=1S/C23H25BrClN7/c1-5-14(2)20(29-19-9-8-17(25)11-15(19)3)21-28-12-18(24)23(30-21)31-13-16-7-6-10-27-22(16)32(31)26-4/h6-12,26,29H,5,13H2,1-4H3/b20-14+. The Bertz CT molecular complexity index is 1180. The summed E-state index contributed by atoms with van der Waals surface area (Å²) in [5.41, 5.74) is 8.39. The minimum absolute atomic E-state index is 0.622. The maximum absolute atomic E-state index is 6.15. The van der Waals surface area contributed by atoms with Gasteiger partial charge in [-0.3, -0.25) is 0 Å². The second kappa shape index (κ2) is 9.44. The van der Waals surface area contributed by atoms with Crippen LogP contribution in [0.5, 0.6) is 0 Å². The van der Waals surface area contributed by atoms with Gasteiger partial charge in [-0.25, -0.2) is 25.4 Å². The molecule has 1 aliphatic heterocycles. The number of hydrogen-bond acceptors (Lipinski definition) is 7. The zero-order chi connectivity index (χ0) is 22.8. The fourth-order valence-electron chi connectivity index (χ4n) is 3.58. The molecular weight excluding hydrogens is 490 g/mol. The summed E-state index contributed by atoms with van der Waals surface area (Å²) in [6.45, 7) is 6.89. The van der Waals surface area contributed by atoms with Crippen molar-refractivity contribution in [2.75, 3.05) is 22.5 Å². The highest BCUT2D eigenvalue weighted by molar-refractivity contribution is 9.10. The molecule has 0 bridgehead atoms. The number of aryl methyl sites for hydroxylation is 1. The number of allylic oxidation sites excluding steroid dienone is 1. The largest absolute Gasteiger partial charge is 0.352 e. The molecule has 0 amide bonds. The van der Waals surface area contributed by atoms with Crippen molar-refractivity contribution in [1.29, 1.82) is 0 Å². The van der Waals surface area contributed by atoms with E-state index in [1.165, 1.54) is 0 Å². The van der Waals surface area contributed by atoms with E-state index < -0.39 is 0 Å². The molecule has 2 aromatic heterocycles. The van der Waals surface area contributed by atoms with Crippen LogP contribution in [0.15, 0.2) is 52.8 Å². The first kappa shape index (κ1) is 22.5. The van der Waals surface area contributed by atoms with Gasteiger partial charge in [0.1, 0.15) is 0 Å². The molecule has 0 saturated carbocycles. The van der Waals surface area contributed by atoms with Crippen LogP contribution in [0.2, 0.25) is 5.02 Å². The highest BCUT2D eigenvalue weighted by Gasteiger charge is 2.31. The molecule has 1 aliphatic rings. The molecule has 0 aliphatic carbocycles. The van der Waals surface area contributed by atoms with E-state index in [0.717, 1.165) is 50.6 Å². The Balaban J connectivity index is 1.75. The van der Waals surface area contributed by atoms with Gasteiger partial charge in [0.05, 0.1) is 16.7 Å². The van der Waals surface area contributed by atoms with Gasteiger partial charge in [0.25, 0.3) is 0 Å². The van der Waals surface area contributed by atoms with Crippen LogP contribution >= 0.6 is 27.5 Å². The summed E-state index contributed by atoms with van der Waals surface area (Å²) in [5.74, 6) is 2.23. The van der Waals surface area contributed by atoms with Gasteiger partial charge in [-0.05, 0) is 71.6 Å². The number of rotatable bonds is 6. The summed E-state index contributed by atoms with van der Waals surface area (Å²) in [6.07, 6.45) is 4.45. The van der Waals surface area contributed by atoms with Crippen LogP contribution in [0.25, 0.3) is 5.70 Å². The van der Waals surface area contributed by atoms with Crippen molar-refractivity contribution in [1.82, 2.24) is 20.4 Å². The van der Waals surface area contributed by atoms with E-state index in [1.54, 1.807) is 12.4 Å². The van der Waals surface area contributed by atoms with Crippen molar-refractivity contribution >= 4 is 50.6 Å². The van der Waals surface area contributed by atoms with Crippen LogP contribution in [0.1, 0.15) is 37.2 Å². The molecule has 7 nitrogen and oxygen atoms in total. The molecule has 1 aromatic carbocycles. The van der Waals surface area contributed by atoms with E-state index in [0.29, 0.717) is 17.4 Å². The normalized spacial score (nSPS) is 13.8. The smallest absolute Gasteiger partial charge is 0.178 e. The summed E-state index contributed by atoms with van der Waals surface area (Å²) in [7, 11) is 1.87. The van der Waals surface area contributed by atoms with Crippen molar-refractivity contribution < 1.29 is 0 Å².